The molecule has 0 radical (unpaired) electrons. The summed E-state index contributed by atoms with van der Waals surface area (Å²) in [5.74, 6) is 1.60. The van der Waals surface area contributed by atoms with Gasteiger partial charge < -0.3 is 10.2 Å². The van der Waals surface area contributed by atoms with Gasteiger partial charge in [-0.1, -0.05) is 0 Å². The van der Waals surface area contributed by atoms with Gasteiger partial charge in [0.25, 0.3) is 0 Å². The Labute approximate surface area is 133 Å². The Kier molecular flexibility index (Phi) is 3.52. The highest BCUT2D eigenvalue weighted by Crippen LogP contribution is 2.33. The zero-order valence-electron chi connectivity index (χ0n) is 12.1. The number of aromatic nitrogens is 2. The highest BCUT2D eigenvalue weighted by Gasteiger charge is 2.34. The van der Waals surface area contributed by atoms with Gasteiger partial charge in [-0.2, -0.15) is 0 Å². The third-order valence-corrected chi connectivity index (χ3v) is 5.54. The van der Waals surface area contributed by atoms with Crippen LogP contribution in [-0.2, 0) is 0 Å². The number of nitrogens with one attached hydrogen (secondary N) is 1. The number of aryl methyl sites for hydroxylation is 1. The number of anilines is 1. The number of halogens is 1. The third kappa shape index (κ3) is 2.87. The highest BCUT2D eigenvalue weighted by atomic mass is 35.5. The molecule has 0 bridgehead atoms. The highest BCUT2D eigenvalue weighted by molar-refractivity contribution is 7.18. The predicted octanol–water partition coefficient (Wildman–Crippen LogP) is 3.55. The molecule has 6 heteroatoms. The summed E-state index contributed by atoms with van der Waals surface area (Å²) < 4.78 is 0. The fraction of sp³-hybridized carbons (Fsp3) is 0.600. The molecule has 4 rings (SSSR count). The van der Waals surface area contributed by atoms with Crippen LogP contribution in [0, 0.1) is 12.8 Å². The summed E-state index contributed by atoms with van der Waals surface area (Å²) in [6, 6.07) is 3.03. The second kappa shape index (κ2) is 5.38. The molecule has 112 valence electrons. The number of hydrogen-bond acceptors (Lipinski definition) is 5. The van der Waals surface area contributed by atoms with Crippen molar-refractivity contribution in [3.05, 3.63) is 16.2 Å². The smallest absolute Gasteiger partial charge is 0.225 e. The van der Waals surface area contributed by atoms with Gasteiger partial charge in [0.2, 0.25) is 5.28 Å². The van der Waals surface area contributed by atoms with Crippen LogP contribution in [0.3, 0.4) is 0 Å². The average molecular weight is 323 g/mol. The Hall–Kier alpha value is -0.910. The van der Waals surface area contributed by atoms with E-state index in [1.165, 1.54) is 37.2 Å². The van der Waals surface area contributed by atoms with E-state index in [4.69, 9.17) is 11.6 Å². The van der Waals surface area contributed by atoms with Crippen LogP contribution in [0.1, 0.15) is 24.1 Å². The van der Waals surface area contributed by atoms with E-state index in [9.17, 15) is 0 Å². The lowest BCUT2D eigenvalue weighted by Gasteiger charge is -2.15. The molecule has 1 saturated carbocycles. The van der Waals surface area contributed by atoms with Gasteiger partial charge >= 0.3 is 0 Å². The molecule has 2 fully saturated rings. The van der Waals surface area contributed by atoms with Crippen LogP contribution in [0.2, 0.25) is 5.28 Å². The second-order valence-electron chi connectivity index (χ2n) is 6.18. The minimum Gasteiger partial charge on any atom is -0.369 e. The van der Waals surface area contributed by atoms with Crippen molar-refractivity contribution in [2.75, 3.05) is 25.0 Å². The maximum absolute atomic E-state index is 6.04. The van der Waals surface area contributed by atoms with Gasteiger partial charge in [0, 0.05) is 24.0 Å². The number of thiophene rings is 1. The SMILES string of the molecule is Cc1cc2c(NCC3CCN(C4CC4)C3)nc(Cl)nc2s1. The quantitative estimate of drug-likeness (QED) is 0.874. The number of likely N-dealkylation sites (tertiary alicyclic amines) is 1. The number of nitrogens with zero attached hydrogens (tertiary/aromatic N) is 3. The van der Waals surface area contributed by atoms with Crippen LogP contribution in [0.5, 0.6) is 0 Å². The zero-order chi connectivity index (χ0) is 14.4. The number of fused-ring (bicyclic) bond motifs is 1. The van der Waals surface area contributed by atoms with Crippen molar-refractivity contribution in [3.63, 3.8) is 0 Å². The van der Waals surface area contributed by atoms with Gasteiger partial charge in [0.15, 0.2) is 0 Å². The Morgan fingerprint density at radius 3 is 3.05 bits per heavy atom. The summed E-state index contributed by atoms with van der Waals surface area (Å²) in [4.78, 5) is 13.5. The summed E-state index contributed by atoms with van der Waals surface area (Å²) in [5, 5.41) is 4.94. The van der Waals surface area contributed by atoms with E-state index in [1.807, 2.05) is 0 Å². The zero-order valence-corrected chi connectivity index (χ0v) is 13.7. The molecule has 2 aromatic rings. The van der Waals surface area contributed by atoms with Crippen LogP contribution in [-0.4, -0.2) is 40.5 Å². The van der Waals surface area contributed by atoms with Crippen molar-refractivity contribution < 1.29 is 0 Å². The first kappa shape index (κ1) is 13.7. The lowest BCUT2D eigenvalue weighted by Crippen LogP contribution is -2.25. The average Bonchev–Trinajstić information content (AvgIpc) is 3.07. The van der Waals surface area contributed by atoms with Crippen molar-refractivity contribution in [2.24, 2.45) is 5.92 Å². The van der Waals surface area contributed by atoms with Gasteiger partial charge in [-0.25, -0.2) is 9.97 Å². The van der Waals surface area contributed by atoms with Crippen molar-refractivity contribution in [3.8, 4) is 0 Å². The summed E-state index contributed by atoms with van der Waals surface area (Å²) in [5.41, 5.74) is 0. The van der Waals surface area contributed by atoms with Crippen LogP contribution in [0.4, 0.5) is 5.82 Å². The van der Waals surface area contributed by atoms with E-state index >= 15 is 0 Å². The van der Waals surface area contributed by atoms with Gasteiger partial charge in [-0.05, 0) is 56.3 Å². The first-order valence-corrected chi connectivity index (χ1v) is 8.80. The molecular formula is C15H19ClN4S. The first-order valence-electron chi connectivity index (χ1n) is 7.60. The maximum Gasteiger partial charge on any atom is 0.225 e. The summed E-state index contributed by atoms with van der Waals surface area (Å²) >= 11 is 7.71. The van der Waals surface area contributed by atoms with Gasteiger partial charge in [0.05, 0.1) is 5.39 Å². The molecule has 1 saturated heterocycles. The molecule has 2 aliphatic rings. The fourth-order valence-corrected chi connectivity index (χ4v) is 4.29. The summed E-state index contributed by atoms with van der Waals surface area (Å²) in [6.07, 6.45) is 4.08. The van der Waals surface area contributed by atoms with Crippen LogP contribution in [0.25, 0.3) is 10.2 Å². The van der Waals surface area contributed by atoms with E-state index < -0.39 is 0 Å². The number of rotatable bonds is 4. The molecule has 1 aliphatic heterocycles. The molecule has 1 unspecified atom stereocenters. The molecular weight excluding hydrogens is 304 g/mol. The molecule has 0 aromatic carbocycles. The van der Waals surface area contributed by atoms with E-state index in [0.717, 1.165) is 28.6 Å². The summed E-state index contributed by atoms with van der Waals surface area (Å²) in [7, 11) is 0. The Balaban J connectivity index is 1.47. The second-order valence-corrected chi connectivity index (χ2v) is 7.75. The fourth-order valence-electron chi connectivity index (χ4n) is 3.19. The molecule has 3 heterocycles. The normalized spacial score (nSPS) is 23.0. The topological polar surface area (TPSA) is 41.0 Å². The van der Waals surface area contributed by atoms with E-state index in [-0.39, 0.29) is 0 Å². The van der Waals surface area contributed by atoms with Gasteiger partial charge in [-0.15, -0.1) is 11.3 Å². The molecule has 4 nitrogen and oxygen atoms in total. The lowest BCUT2D eigenvalue weighted by atomic mass is 10.1. The maximum atomic E-state index is 6.04. The monoisotopic (exact) mass is 322 g/mol. The van der Waals surface area contributed by atoms with Crippen LogP contribution < -0.4 is 5.32 Å². The standard InChI is InChI=1S/C15H19ClN4S/c1-9-6-12-13(18-15(16)19-14(12)21-9)17-7-10-4-5-20(8-10)11-2-3-11/h6,10-11H,2-5,7-8H2,1H3,(H,17,18,19). The van der Waals surface area contributed by atoms with Crippen molar-refractivity contribution >= 4 is 39.0 Å². The minimum absolute atomic E-state index is 0.331. The third-order valence-electron chi connectivity index (χ3n) is 4.43. The minimum atomic E-state index is 0.331. The van der Waals surface area contributed by atoms with Crippen molar-refractivity contribution in [2.45, 2.75) is 32.2 Å². The largest absolute Gasteiger partial charge is 0.369 e. The Morgan fingerprint density at radius 1 is 1.38 bits per heavy atom. The van der Waals surface area contributed by atoms with Crippen molar-refractivity contribution in [1.82, 2.24) is 14.9 Å². The van der Waals surface area contributed by atoms with Gasteiger partial charge in [-0.3, -0.25) is 0 Å². The van der Waals surface area contributed by atoms with E-state index in [2.05, 4.69) is 33.2 Å². The Morgan fingerprint density at radius 2 is 2.24 bits per heavy atom. The molecule has 0 spiro atoms. The number of hydrogen-bond donors (Lipinski definition) is 1. The molecule has 1 N–H and O–H groups in total. The molecule has 2 aromatic heterocycles. The predicted molar refractivity (Wildman–Crippen MR) is 88.4 cm³/mol. The van der Waals surface area contributed by atoms with E-state index in [1.54, 1.807) is 11.3 Å². The van der Waals surface area contributed by atoms with Crippen LogP contribution in [0.15, 0.2) is 6.07 Å². The molecule has 1 atom stereocenters. The molecule has 0 amide bonds. The molecule has 21 heavy (non-hydrogen) atoms. The van der Waals surface area contributed by atoms with E-state index in [0.29, 0.717) is 11.2 Å². The Bertz CT molecular complexity index is 667. The lowest BCUT2D eigenvalue weighted by molar-refractivity contribution is 0.316. The van der Waals surface area contributed by atoms with Gasteiger partial charge in [0.1, 0.15) is 10.6 Å². The van der Waals surface area contributed by atoms with Crippen molar-refractivity contribution in [1.29, 1.82) is 0 Å². The summed E-state index contributed by atoms with van der Waals surface area (Å²) in [6.45, 7) is 5.55. The molecule has 1 aliphatic carbocycles. The van der Waals surface area contributed by atoms with Crippen LogP contribution >= 0.6 is 22.9 Å². The first-order chi connectivity index (χ1) is 10.2.